The maximum Gasteiger partial charge on any atom is 0.323 e. The highest BCUT2D eigenvalue weighted by Gasteiger charge is 2.31. The number of carbonyl (C=O) groups excluding carboxylic acids is 1. The second-order valence-electron chi connectivity index (χ2n) is 5.35. The molecule has 0 aromatic carbocycles. The fourth-order valence-electron chi connectivity index (χ4n) is 1.83. The Hall–Kier alpha value is -0.610. The zero-order valence-electron chi connectivity index (χ0n) is 10.9. The molecule has 2 atom stereocenters. The van der Waals surface area contributed by atoms with E-state index in [1.165, 1.54) is 0 Å². The van der Waals surface area contributed by atoms with Crippen LogP contribution in [0.3, 0.4) is 0 Å². The van der Waals surface area contributed by atoms with Crippen LogP contribution in [0.25, 0.3) is 0 Å². The molecule has 1 saturated heterocycles. The molecule has 0 amide bonds. The van der Waals surface area contributed by atoms with E-state index in [0.717, 1.165) is 19.5 Å². The van der Waals surface area contributed by atoms with E-state index in [4.69, 9.17) is 9.47 Å². The number of nitrogens with zero attached hydrogens (tertiary/aromatic N) is 1. The molecule has 0 radical (unpaired) electrons. The lowest BCUT2D eigenvalue weighted by molar-refractivity contribution is -0.160. The van der Waals surface area contributed by atoms with E-state index in [1.807, 2.05) is 27.7 Å². The van der Waals surface area contributed by atoms with Crippen LogP contribution in [0.4, 0.5) is 0 Å². The van der Waals surface area contributed by atoms with Gasteiger partial charge in [-0.2, -0.15) is 0 Å². The summed E-state index contributed by atoms with van der Waals surface area (Å²) in [6.45, 7) is 9.28. The topological polar surface area (TPSA) is 38.8 Å². The average molecular weight is 229 g/mol. The fourth-order valence-corrected chi connectivity index (χ4v) is 1.83. The number of likely N-dealkylation sites (tertiary alicyclic amines) is 1. The van der Waals surface area contributed by atoms with Crippen LogP contribution in [0, 0.1) is 0 Å². The number of methoxy groups -OCH3 is 1. The predicted molar refractivity (Wildman–Crippen MR) is 62.3 cm³/mol. The lowest BCUT2D eigenvalue weighted by Gasteiger charge is -2.27. The zero-order valence-corrected chi connectivity index (χ0v) is 10.9. The molecular formula is C12H23NO3. The van der Waals surface area contributed by atoms with Gasteiger partial charge in [0.15, 0.2) is 0 Å². The number of esters is 1. The quantitative estimate of drug-likeness (QED) is 0.686. The summed E-state index contributed by atoms with van der Waals surface area (Å²) < 4.78 is 10.6. The maximum atomic E-state index is 11.8. The lowest BCUT2D eigenvalue weighted by atomic mass is 10.2. The van der Waals surface area contributed by atoms with Crippen LogP contribution in [0.5, 0.6) is 0 Å². The SMILES string of the molecule is COC1CCN(C(C)C(=O)OC(C)(C)C)C1. The summed E-state index contributed by atoms with van der Waals surface area (Å²) in [5, 5.41) is 0. The third-order valence-electron chi connectivity index (χ3n) is 2.81. The van der Waals surface area contributed by atoms with Gasteiger partial charge in [-0.1, -0.05) is 0 Å². The van der Waals surface area contributed by atoms with Crippen molar-refractivity contribution >= 4 is 5.97 Å². The second-order valence-corrected chi connectivity index (χ2v) is 5.35. The molecular weight excluding hydrogens is 206 g/mol. The van der Waals surface area contributed by atoms with E-state index in [9.17, 15) is 4.79 Å². The third kappa shape index (κ3) is 3.76. The highest BCUT2D eigenvalue weighted by molar-refractivity contribution is 5.75. The minimum Gasteiger partial charge on any atom is -0.459 e. The molecule has 94 valence electrons. The van der Waals surface area contributed by atoms with Crippen LogP contribution in [0.2, 0.25) is 0 Å². The number of ether oxygens (including phenoxy) is 2. The van der Waals surface area contributed by atoms with Gasteiger partial charge in [-0.15, -0.1) is 0 Å². The van der Waals surface area contributed by atoms with Crippen LogP contribution < -0.4 is 0 Å². The number of carbonyl (C=O) groups is 1. The third-order valence-corrected chi connectivity index (χ3v) is 2.81. The number of rotatable bonds is 3. The molecule has 1 heterocycles. The van der Waals surface area contributed by atoms with Crippen molar-refractivity contribution in [2.24, 2.45) is 0 Å². The molecule has 0 bridgehead atoms. The number of hydrogen-bond donors (Lipinski definition) is 0. The Balaban J connectivity index is 2.46. The highest BCUT2D eigenvalue weighted by atomic mass is 16.6. The monoisotopic (exact) mass is 229 g/mol. The number of hydrogen-bond acceptors (Lipinski definition) is 4. The van der Waals surface area contributed by atoms with Crippen molar-refractivity contribution in [3.8, 4) is 0 Å². The molecule has 1 rings (SSSR count). The molecule has 1 fully saturated rings. The minimum absolute atomic E-state index is 0.149. The summed E-state index contributed by atoms with van der Waals surface area (Å²) in [6.07, 6.45) is 1.24. The molecule has 2 unspecified atom stereocenters. The maximum absolute atomic E-state index is 11.8. The van der Waals surface area contributed by atoms with Gasteiger partial charge >= 0.3 is 5.97 Å². The first-order chi connectivity index (χ1) is 7.33. The van der Waals surface area contributed by atoms with E-state index in [-0.39, 0.29) is 18.1 Å². The second kappa shape index (κ2) is 5.15. The van der Waals surface area contributed by atoms with Crippen LogP contribution in [-0.4, -0.2) is 48.8 Å². The van der Waals surface area contributed by atoms with Gasteiger partial charge in [-0.05, 0) is 34.1 Å². The molecule has 4 nitrogen and oxygen atoms in total. The van der Waals surface area contributed by atoms with Crippen molar-refractivity contribution in [3.05, 3.63) is 0 Å². The summed E-state index contributed by atoms with van der Waals surface area (Å²) in [5.74, 6) is -0.149. The molecule has 1 aliphatic rings. The Morgan fingerprint density at radius 2 is 2.06 bits per heavy atom. The summed E-state index contributed by atoms with van der Waals surface area (Å²) in [5.41, 5.74) is -0.411. The van der Waals surface area contributed by atoms with Crippen molar-refractivity contribution in [2.45, 2.75) is 51.9 Å². The van der Waals surface area contributed by atoms with Crippen molar-refractivity contribution < 1.29 is 14.3 Å². The molecule has 0 spiro atoms. The van der Waals surface area contributed by atoms with Crippen molar-refractivity contribution in [3.63, 3.8) is 0 Å². The van der Waals surface area contributed by atoms with Crippen molar-refractivity contribution in [1.29, 1.82) is 0 Å². The Kier molecular flexibility index (Phi) is 4.33. The minimum atomic E-state index is -0.411. The zero-order chi connectivity index (χ0) is 12.3. The summed E-state index contributed by atoms with van der Waals surface area (Å²) in [4.78, 5) is 13.9. The van der Waals surface area contributed by atoms with E-state index in [1.54, 1.807) is 7.11 Å². The molecule has 1 aliphatic heterocycles. The van der Waals surface area contributed by atoms with E-state index >= 15 is 0 Å². The first kappa shape index (κ1) is 13.5. The Morgan fingerprint density at radius 3 is 2.50 bits per heavy atom. The van der Waals surface area contributed by atoms with Crippen LogP contribution in [0.1, 0.15) is 34.1 Å². The van der Waals surface area contributed by atoms with Crippen LogP contribution in [0.15, 0.2) is 0 Å². The molecule has 0 saturated carbocycles. The molecule has 0 aliphatic carbocycles. The first-order valence-corrected chi connectivity index (χ1v) is 5.83. The molecule has 16 heavy (non-hydrogen) atoms. The van der Waals surface area contributed by atoms with Crippen molar-refractivity contribution in [1.82, 2.24) is 4.90 Å². The van der Waals surface area contributed by atoms with Gasteiger partial charge in [0.25, 0.3) is 0 Å². The van der Waals surface area contributed by atoms with Gasteiger partial charge in [0, 0.05) is 20.2 Å². The van der Waals surface area contributed by atoms with Crippen molar-refractivity contribution in [2.75, 3.05) is 20.2 Å². The predicted octanol–water partition coefficient (Wildman–Crippen LogP) is 1.44. The summed E-state index contributed by atoms with van der Waals surface area (Å²) in [7, 11) is 1.71. The van der Waals surface area contributed by atoms with Gasteiger partial charge in [0.2, 0.25) is 0 Å². The van der Waals surface area contributed by atoms with Gasteiger partial charge in [-0.25, -0.2) is 0 Å². The van der Waals surface area contributed by atoms with Gasteiger partial charge in [0.05, 0.1) is 6.10 Å². The standard InChI is InChI=1S/C12H23NO3/c1-9(11(14)16-12(2,3)4)13-7-6-10(8-13)15-5/h9-10H,6-8H2,1-5H3. The Bertz CT molecular complexity index is 247. The lowest BCUT2D eigenvalue weighted by Crippen LogP contribution is -2.41. The van der Waals surface area contributed by atoms with Gasteiger partial charge < -0.3 is 9.47 Å². The van der Waals surface area contributed by atoms with E-state index < -0.39 is 5.60 Å². The summed E-state index contributed by atoms with van der Waals surface area (Å²) >= 11 is 0. The van der Waals surface area contributed by atoms with Crippen LogP contribution in [-0.2, 0) is 14.3 Å². The van der Waals surface area contributed by atoms with E-state index in [2.05, 4.69) is 4.90 Å². The Labute approximate surface area is 97.9 Å². The molecule has 0 aromatic rings. The molecule has 0 N–H and O–H groups in total. The first-order valence-electron chi connectivity index (χ1n) is 5.83. The summed E-state index contributed by atoms with van der Waals surface area (Å²) in [6, 6.07) is -0.181. The molecule has 0 aromatic heterocycles. The fraction of sp³-hybridized carbons (Fsp3) is 0.917. The Morgan fingerprint density at radius 1 is 1.44 bits per heavy atom. The highest BCUT2D eigenvalue weighted by Crippen LogP contribution is 2.17. The smallest absolute Gasteiger partial charge is 0.323 e. The average Bonchev–Trinajstić information content (AvgIpc) is 2.61. The molecule has 4 heteroatoms. The van der Waals surface area contributed by atoms with Gasteiger partial charge in [-0.3, -0.25) is 9.69 Å². The van der Waals surface area contributed by atoms with Gasteiger partial charge in [0.1, 0.15) is 11.6 Å². The van der Waals surface area contributed by atoms with Crippen LogP contribution >= 0.6 is 0 Å². The normalized spacial score (nSPS) is 24.4. The van der Waals surface area contributed by atoms with E-state index in [0.29, 0.717) is 0 Å². The largest absolute Gasteiger partial charge is 0.459 e.